The average Bonchev–Trinajstić information content (AvgIpc) is 3.24. The summed E-state index contributed by atoms with van der Waals surface area (Å²) in [5, 5.41) is 13.9. The highest BCUT2D eigenvalue weighted by Crippen LogP contribution is 2.30. The van der Waals surface area contributed by atoms with Gasteiger partial charge in [-0.25, -0.2) is 4.68 Å². The summed E-state index contributed by atoms with van der Waals surface area (Å²) in [5.41, 5.74) is 1.84. The number of hydrogen-bond donors (Lipinski definition) is 1. The Hall–Kier alpha value is -3.42. The van der Waals surface area contributed by atoms with Gasteiger partial charge in [0.05, 0.1) is 25.1 Å². The third-order valence-corrected chi connectivity index (χ3v) is 3.93. The van der Waals surface area contributed by atoms with Crippen LogP contribution in [0.25, 0.3) is 5.69 Å². The molecule has 3 aromatic rings. The van der Waals surface area contributed by atoms with Crippen LogP contribution in [0.5, 0.6) is 11.5 Å². The van der Waals surface area contributed by atoms with E-state index in [1.54, 1.807) is 49.6 Å². The van der Waals surface area contributed by atoms with Gasteiger partial charge >= 0.3 is 0 Å². The molecule has 8 heteroatoms. The van der Waals surface area contributed by atoms with E-state index in [0.717, 1.165) is 18.5 Å². The number of nitrogens with zero attached hydrogens (tertiary/aromatic N) is 4. The predicted octanol–water partition coefficient (Wildman–Crippen LogP) is 3.10. The molecule has 0 spiro atoms. The van der Waals surface area contributed by atoms with Gasteiger partial charge in [-0.2, -0.15) is 0 Å². The number of hydrogen-bond acceptors (Lipinski definition) is 6. The van der Waals surface area contributed by atoms with Crippen LogP contribution >= 0.6 is 0 Å². The van der Waals surface area contributed by atoms with E-state index < -0.39 is 0 Å². The fraction of sp³-hybridized carbons (Fsp3) is 0.263. The first kappa shape index (κ1) is 18.4. The molecule has 0 fully saturated rings. The molecular formula is C19H21N5O3. The number of carbonyl (C=O) groups excluding carboxylic acids is 1. The standard InChI is InChI=1S/C19H21N5O3/c1-3-4-11-27-18-10-9-16(26-2)12-17(18)21-19(25)14-5-7-15(8-6-14)24-13-20-22-23-24/h5-10,12-13H,3-4,11H2,1-2H3,(H,21,25). The lowest BCUT2D eigenvalue weighted by atomic mass is 10.2. The molecule has 1 aromatic heterocycles. The van der Waals surface area contributed by atoms with Gasteiger partial charge in [0, 0.05) is 11.6 Å². The number of benzene rings is 2. The fourth-order valence-corrected chi connectivity index (χ4v) is 2.43. The normalized spacial score (nSPS) is 10.4. The number of carbonyl (C=O) groups is 1. The van der Waals surface area contributed by atoms with Crippen molar-refractivity contribution in [1.82, 2.24) is 20.2 Å². The number of nitrogens with one attached hydrogen (secondary N) is 1. The molecule has 0 bridgehead atoms. The molecule has 1 heterocycles. The first-order chi connectivity index (χ1) is 13.2. The van der Waals surface area contributed by atoms with Crippen LogP contribution in [0.4, 0.5) is 5.69 Å². The largest absolute Gasteiger partial charge is 0.497 e. The average molecular weight is 367 g/mol. The molecule has 0 aliphatic rings. The minimum absolute atomic E-state index is 0.244. The number of ether oxygens (including phenoxy) is 2. The van der Waals surface area contributed by atoms with Crippen molar-refractivity contribution in [3.63, 3.8) is 0 Å². The lowest BCUT2D eigenvalue weighted by molar-refractivity contribution is 0.102. The van der Waals surface area contributed by atoms with Gasteiger partial charge in [0.25, 0.3) is 5.91 Å². The van der Waals surface area contributed by atoms with E-state index in [0.29, 0.717) is 29.4 Å². The van der Waals surface area contributed by atoms with Crippen LogP contribution < -0.4 is 14.8 Å². The molecule has 0 aliphatic carbocycles. The van der Waals surface area contributed by atoms with Gasteiger partial charge in [-0.1, -0.05) is 13.3 Å². The quantitative estimate of drug-likeness (QED) is 0.615. The maximum atomic E-state index is 12.6. The molecule has 1 N–H and O–H groups in total. The molecule has 0 unspecified atom stereocenters. The lowest BCUT2D eigenvalue weighted by Gasteiger charge is -2.14. The summed E-state index contributed by atoms with van der Waals surface area (Å²) >= 11 is 0. The van der Waals surface area contributed by atoms with Crippen LogP contribution in [0.1, 0.15) is 30.1 Å². The minimum Gasteiger partial charge on any atom is -0.497 e. The van der Waals surface area contributed by atoms with Crippen LogP contribution in [0.2, 0.25) is 0 Å². The molecule has 140 valence electrons. The van der Waals surface area contributed by atoms with E-state index in [9.17, 15) is 4.79 Å². The lowest BCUT2D eigenvalue weighted by Crippen LogP contribution is -2.13. The molecular weight excluding hydrogens is 346 g/mol. The van der Waals surface area contributed by atoms with Crippen molar-refractivity contribution in [3.05, 3.63) is 54.4 Å². The topological polar surface area (TPSA) is 91.2 Å². The van der Waals surface area contributed by atoms with E-state index in [1.165, 1.54) is 11.0 Å². The molecule has 0 saturated heterocycles. The number of amides is 1. The number of methoxy groups -OCH3 is 1. The van der Waals surface area contributed by atoms with Crippen molar-refractivity contribution in [1.29, 1.82) is 0 Å². The Morgan fingerprint density at radius 3 is 2.67 bits per heavy atom. The number of unbranched alkanes of at least 4 members (excludes halogenated alkanes) is 1. The Morgan fingerprint density at radius 2 is 2.00 bits per heavy atom. The van der Waals surface area contributed by atoms with Gasteiger partial charge in [-0.3, -0.25) is 4.79 Å². The van der Waals surface area contributed by atoms with Crippen molar-refractivity contribution in [2.75, 3.05) is 19.0 Å². The highest BCUT2D eigenvalue weighted by atomic mass is 16.5. The second-order valence-corrected chi connectivity index (χ2v) is 5.82. The Kier molecular flexibility index (Phi) is 5.98. The molecule has 8 nitrogen and oxygen atoms in total. The maximum absolute atomic E-state index is 12.6. The van der Waals surface area contributed by atoms with Crippen LogP contribution in [-0.2, 0) is 0 Å². The van der Waals surface area contributed by atoms with E-state index in [-0.39, 0.29) is 5.91 Å². The maximum Gasteiger partial charge on any atom is 0.255 e. The van der Waals surface area contributed by atoms with Gasteiger partial charge in [0.2, 0.25) is 0 Å². The van der Waals surface area contributed by atoms with E-state index in [1.807, 2.05) is 0 Å². The summed E-state index contributed by atoms with van der Waals surface area (Å²) in [6, 6.07) is 12.3. The van der Waals surface area contributed by atoms with Crippen molar-refractivity contribution < 1.29 is 14.3 Å². The smallest absolute Gasteiger partial charge is 0.255 e. The Morgan fingerprint density at radius 1 is 1.19 bits per heavy atom. The van der Waals surface area contributed by atoms with Gasteiger partial charge in [0.1, 0.15) is 17.8 Å². The Balaban J connectivity index is 1.76. The second kappa shape index (κ2) is 8.79. The van der Waals surface area contributed by atoms with Gasteiger partial charge < -0.3 is 14.8 Å². The SMILES string of the molecule is CCCCOc1ccc(OC)cc1NC(=O)c1ccc(-n2cnnn2)cc1. The molecule has 0 radical (unpaired) electrons. The Labute approximate surface area is 157 Å². The van der Waals surface area contributed by atoms with Crippen molar-refractivity contribution in [3.8, 4) is 17.2 Å². The molecule has 0 aliphatic heterocycles. The third kappa shape index (κ3) is 4.60. The van der Waals surface area contributed by atoms with Crippen molar-refractivity contribution in [2.45, 2.75) is 19.8 Å². The van der Waals surface area contributed by atoms with Gasteiger partial charge in [-0.15, -0.1) is 5.10 Å². The molecule has 27 heavy (non-hydrogen) atoms. The van der Waals surface area contributed by atoms with Gasteiger partial charge in [-0.05, 0) is 53.2 Å². The molecule has 2 aromatic carbocycles. The van der Waals surface area contributed by atoms with Crippen LogP contribution in [-0.4, -0.2) is 39.8 Å². The summed E-state index contributed by atoms with van der Waals surface area (Å²) in [5.74, 6) is 1.01. The van der Waals surface area contributed by atoms with Crippen LogP contribution in [0.15, 0.2) is 48.8 Å². The highest BCUT2D eigenvalue weighted by molar-refractivity contribution is 6.05. The number of rotatable bonds is 8. The van der Waals surface area contributed by atoms with E-state index in [2.05, 4.69) is 27.8 Å². The highest BCUT2D eigenvalue weighted by Gasteiger charge is 2.12. The summed E-state index contributed by atoms with van der Waals surface area (Å²) < 4.78 is 12.6. The van der Waals surface area contributed by atoms with E-state index in [4.69, 9.17) is 9.47 Å². The van der Waals surface area contributed by atoms with Crippen LogP contribution in [0, 0.1) is 0 Å². The zero-order valence-electron chi connectivity index (χ0n) is 15.3. The number of aromatic nitrogens is 4. The molecule has 0 atom stereocenters. The number of anilines is 1. The molecule has 3 rings (SSSR count). The third-order valence-electron chi connectivity index (χ3n) is 3.93. The van der Waals surface area contributed by atoms with Crippen molar-refractivity contribution >= 4 is 11.6 Å². The fourth-order valence-electron chi connectivity index (χ4n) is 2.43. The first-order valence-electron chi connectivity index (χ1n) is 8.67. The monoisotopic (exact) mass is 367 g/mol. The zero-order chi connectivity index (χ0) is 19.1. The predicted molar refractivity (Wildman–Crippen MR) is 101 cm³/mol. The summed E-state index contributed by atoms with van der Waals surface area (Å²) in [7, 11) is 1.58. The Bertz CT molecular complexity index is 879. The summed E-state index contributed by atoms with van der Waals surface area (Å²) in [6.45, 7) is 2.69. The van der Waals surface area contributed by atoms with E-state index >= 15 is 0 Å². The summed E-state index contributed by atoms with van der Waals surface area (Å²) in [4.78, 5) is 12.6. The first-order valence-corrected chi connectivity index (χ1v) is 8.67. The molecule has 0 saturated carbocycles. The second-order valence-electron chi connectivity index (χ2n) is 5.82. The molecule has 1 amide bonds. The summed E-state index contributed by atoms with van der Waals surface area (Å²) in [6.07, 6.45) is 3.47. The number of tetrazole rings is 1. The zero-order valence-corrected chi connectivity index (χ0v) is 15.3. The minimum atomic E-state index is -0.244. The van der Waals surface area contributed by atoms with Crippen molar-refractivity contribution in [2.24, 2.45) is 0 Å². The van der Waals surface area contributed by atoms with Gasteiger partial charge in [0.15, 0.2) is 0 Å². The van der Waals surface area contributed by atoms with Crippen LogP contribution in [0.3, 0.4) is 0 Å².